The van der Waals surface area contributed by atoms with Gasteiger partial charge in [-0.1, -0.05) is 30.3 Å². The van der Waals surface area contributed by atoms with Crippen molar-refractivity contribution in [3.8, 4) is 0 Å². The molecule has 6 heteroatoms. The van der Waals surface area contributed by atoms with E-state index in [4.69, 9.17) is 4.74 Å². The van der Waals surface area contributed by atoms with Crippen LogP contribution in [-0.2, 0) is 11.2 Å². The Morgan fingerprint density at radius 1 is 1.07 bits per heavy atom. The van der Waals surface area contributed by atoms with Gasteiger partial charge in [-0.2, -0.15) is 0 Å². The molecule has 0 aliphatic heterocycles. The van der Waals surface area contributed by atoms with Crippen LogP contribution in [0, 0.1) is 5.82 Å². The third-order valence-corrected chi connectivity index (χ3v) is 4.13. The number of carboxylic acid groups (broad SMARTS) is 1. The molecule has 0 bridgehead atoms. The number of carboxylic acids is 1. The summed E-state index contributed by atoms with van der Waals surface area (Å²) in [6.07, 6.45) is 1.61. The molecule has 3 rings (SSSR count). The number of aromatic nitrogens is 1. The standard InChI is InChI=1S/C22H20FNO4/c1-22(2,3)28-21(27)16-9-8-13(10-18(16)23)11-19-15-7-5-4-6-14(15)17(12-24-19)20(25)26/h4-10,12H,11H2,1-3H3,(H,25,26). The highest BCUT2D eigenvalue weighted by atomic mass is 19.1. The summed E-state index contributed by atoms with van der Waals surface area (Å²) >= 11 is 0. The normalized spacial score (nSPS) is 11.4. The molecule has 2 aromatic carbocycles. The molecular weight excluding hydrogens is 361 g/mol. The van der Waals surface area contributed by atoms with Crippen molar-refractivity contribution >= 4 is 22.7 Å². The smallest absolute Gasteiger partial charge is 0.341 e. The van der Waals surface area contributed by atoms with E-state index in [2.05, 4.69) is 4.98 Å². The van der Waals surface area contributed by atoms with Gasteiger partial charge in [-0.05, 0) is 43.9 Å². The van der Waals surface area contributed by atoms with E-state index in [0.29, 0.717) is 28.5 Å². The van der Waals surface area contributed by atoms with Crippen molar-refractivity contribution in [2.24, 2.45) is 0 Å². The summed E-state index contributed by atoms with van der Waals surface area (Å²) in [5, 5.41) is 10.6. The van der Waals surface area contributed by atoms with Gasteiger partial charge in [0.25, 0.3) is 0 Å². The number of carbonyl (C=O) groups excluding carboxylic acids is 1. The molecule has 0 amide bonds. The van der Waals surface area contributed by atoms with Crippen LogP contribution < -0.4 is 0 Å². The van der Waals surface area contributed by atoms with Gasteiger partial charge in [-0.15, -0.1) is 0 Å². The number of aromatic carboxylic acids is 1. The Kier molecular flexibility index (Phi) is 5.14. The van der Waals surface area contributed by atoms with Crippen molar-refractivity contribution < 1.29 is 23.8 Å². The minimum Gasteiger partial charge on any atom is -0.478 e. The van der Waals surface area contributed by atoms with Crippen molar-refractivity contribution in [3.05, 3.63) is 76.9 Å². The van der Waals surface area contributed by atoms with Crippen LogP contribution in [0.1, 0.15) is 52.7 Å². The van der Waals surface area contributed by atoms with E-state index in [1.807, 2.05) is 0 Å². The number of benzene rings is 2. The second-order valence-electron chi connectivity index (χ2n) is 7.46. The Labute approximate surface area is 161 Å². The number of pyridine rings is 1. The number of fused-ring (bicyclic) bond motifs is 1. The molecule has 1 heterocycles. The lowest BCUT2D eigenvalue weighted by Crippen LogP contribution is -2.24. The van der Waals surface area contributed by atoms with E-state index in [9.17, 15) is 19.1 Å². The molecule has 144 valence electrons. The molecule has 0 atom stereocenters. The summed E-state index contributed by atoms with van der Waals surface area (Å²) in [4.78, 5) is 27.8. The highest BCUT2D eigenvalue weighted by Crippen LogP contribution is 2.24. The van der Waals surface area contributed by atoms with Crippen LogP contribution in [0.15, 0.2) is 48.7 Å². The van der Waals surface area contributed by atoms with E-state index < -0.39 is 23.4 Å². The van der Waals surface area contributed by atoms with Crippen LogP contribution in [-0.4, -0.2) is 27.6 Å². The van der Waals surface area contributed by atoms with E-state index >= 15 is 0 Å². The fourth-order valence-corrected chi connectivity index (χ4v) is 2.92. The molecule has 28 heavy (non-hydrogen) atoms. The molecule has 0 saturated heterocycles. The lowest BCUT2D eigenvalue weighted by molar-refractivity contribution is 0.00645. The Bertz CT molecular complexity index is 1070. The first-order valence-electron chi connectivity index (χ1n) is 8.77. The fraction of sp³-hybridized carbons (Fsp3) is 0.227. The molecule has 0 aliphatic rings. The van der Waals surface area contributed by atoms with Gasteiger partial charge in [0.15, 0.2) is 0 Å². The summed E-state index contributed by atoms with van der Waals surface area (Å²) in [5.74, 6) is -2.44. The highest BCUT2D eigenvalue weighted by molar-refractivity contribution is 6.03. The van der Waals surface area contributed by atoms with E-state index in [1.54, 1.807) is 51.1 Å². The molecule has 3 aromatic rings. The summed E-state index contributed by atoms with van der Waals surface area (Å²) in [6, 6.07) is 11.4. The Morgan fingerprint density at radius 3 is 2.36 bits per heavy atom. The molecule has 1 aromatic heterocycles. The summed E-state index contributed by atoms with van der Waals surface area (Å²) in [6.45, 7) is 5.15. The van der Waals surface area contributed by atoms with Gasteiger partial charge in [-0.25, -0.2) is 14.0 Å². The highest BCUT2D eigenvalue weighted by Gasteiger charge is 2.21. The summed E-state index contributed by atoms with van der Waals surface area (Å²) < 4.78 is 19.7. The number of nitrogens with zero attached hydrogens (tertiary/aromatic N) is 1. The predicted molar refractivity (Wildman–Crippen MR) is 103 cm³/mol. The minimum atomic E-state index is -1.05. The number of halogens is 1. The maximum absolute atomic E-state index is 14.5. The summed E-state index contributed by atoms with van der Waals surface area (Å²) in [5.41, 5.74) is 0.524. The minimum absolute atomic E-state index is 0.116. The lowest BCUT2D eigenvalue weighted by atomic mass is 10.00. The van der Waals surface area contributed by atoms with Gasteiger partial charge in [0.1, 0.15) is 11.4 Å². The van der Waals surface area contributed by atoms with E-state index in [-0.39, 0.29) is 11.1 Å². The Balaban J connectivity index is 1.93. The first kappa shape index (κ1) is 19.5. The monoisotopic (exact) mass is 381 g/mol. The van der Waals surface area contributed by atoms with E-state index in [0.717, 1.165) is 0 Å². The molecule has 0 fully saturated rings. The van der Waals surface area contributed by atoms with Gasteiger partial charge in [0.2, 0.25) is 0 Å². The topological polar surface area (TPSA) is 76.5 Å². The molecule has 0 radical (unpaired) electrons. The average Bonchev–Trinajstić information content (AvgIpc) is 2.60. The first-order valence-corrected chi connectivity index (χ1v) is 8.77. The van der Waals surface area contributed by atoms with E-state index in [1.165, 1.54) is 18.3 Å². The fourth-order valence-electron chi connectivity index (χ4n) is 2.92. The zero-order chi connectivity index (χ0) is 20.5. The largest absolute Gasteiger partial charge is 0.478 e. The van der Waals surface area contributed by atoms with Crippen molar-refractivity contribution in [1.82, 2.24) is 4.98 Å². The number of hydrogen-bond acceptors (Lipinski definition) is 4. The molecule has 1 N–H and O–H groups in total. The van der Waals surface area contributed by atoms with Gasteiger partial charge in [-0.3, -0.25) is 4.98 Å². The molecule has 0 saturated carbocycles. The molecular formula is C22H20FNO4. The average molecular weight is 381 g/mol. The number of ether oxygens (including phenoxy) is 1. The lowest BCUT2D eigenvalue weighted by Gasteiger charge is -2.19. The van der Waals surface area contributed by atoms with Crippen LogP contribution in [0.4, 0.5) is 4.39 Å². The van der Waals surface area contributed by atoms with Crippen LogP contribution in [0.5, 0.6) is 0 Å². The second kappa shape index (κ2) is 7.38. The van der Waals surface area contributed by atoms with Crippen LogP contribution in [0.25, 0.3) is 10.8 Å². The third-order valence-electron chi connectivity index (χ3n) is 4.13. The van der Waals surface area contributed by atoms with Crippen molar-refractivity contribution in [1.29, 1.82) is 0 Å². The molecule has 0 aliphatic carbocycles. The summed E-state index contributed by atoms with van der Waals surface area (Å²) in [7, 11) is 0. The van der Waals surface area contributed by atoms with Crippen LogP contribution in [0.3, 0.4) is 0 Å². The van der Waals surface area contributed by atoms with Crippen LogP contribution >= 0.6 is 0 Å². The number of hydrogen-bond donors (Lipinski definition) is 1. The van der Waals surface area contributed by atoms with Gasteiger partial charge in [0, 0.05) is 18.0 Å². The quantitative estimate of drug-likeness (QED) is 0.668. The number of rotatable bonds is 4. The Hall–Kier alpha value is -3.28. The molecule has 5 nitrogen and oxygen atoms in total. The SMILES string of the molecule is CC(C)(C)OC(=O)c1ccc(Cc2ncc(C(=O)O)c3ccccc23)cc1F. The number of carbonyl (C=O) groups is 2. The van der Waals surface area contributed by atoms with Crippen LogP contribution in [0.2, 0.25) is 0 Å². The predicted octanol–water partition coefficient (Wildman–Crippen LogP) is 4.62. The van der Waals surface area contributed by atoms with Gasteiger partial charge >= 0.3 is 11.9 Å². The zero-order valence-corrected chi connectivity index (χ0v) is 15.8. The number of esters is 1. The Morgan fingerprint density at radius 2 is 1.75 bits per heavy atom. The van der Waals surface area contributed by atoms with Gasteiger partial charge in [0.05, 0.1) is 16.8 Å². The second-order valence-corrected chi connectivity index (χ2v) is 7.46. The molecule has 0 unspecified atom stereocenters. The maximum Gasteiger partial charge on any atom is 0.341 e. The first-order chi connectivity index (χ1) is 13.2. The third kappa shape index (κ3) is 4.17. The van der Waals surface area contributed by atoms with Crippen molar-refractivity contribution in [2.75, 3.05) is 0 Å². The van der Waals surface area contributed by atoms with Crippen molar-refractivity contribution in [3.63, 3.8) is 0 Å². The van der Waals surface area contributed by atoms with Crippen molar-refractivity contribution in [2.45, 2.75) is 32.8 Å². The molecule has 0 spiro atoms. The maximum atomic E-state index is 14.5. The zero-order valence-electron chi connectivity index (χ0n) is 15.8. The van der Waals surface area contributed by atoms with Gasteiger partial charge < -0.3 is 9.84 Å².